The van der Waals surface area contributed by atoms with Gasteiger partial charge in [0.1, 0.15) is 24.1 Å². The summed E-state index contributed by atoms with van der Waals surface area (Å²) in [5.74, 6) is 0.253. The molecule has 0 unspecified atom stereocenters. The number of methoxy groups -OCH3 is 2. The molecule has 0 bridgehead atoms. The number of benzene rings is 3. The van der Waals surface area contributed by atoms with Crippen molar-refractivity contribution in [3.63, 3.8) is 0 Å². The molecule has 39 heavy (non-hydrogen) atoms. The molecule has 208 valence electrons. The molecule has 9 nitrogen and oxygen atoms in total. The zero-order valence-corrected chi connectivity index (χ0v) is 23.7. The van der Waals surface area contributed by atoms with Crippen molar-refractivity contribution in [2.45, 2.75) is 37.8 Å². The highest BCUT2D eigenvalue weighted by Gasteiger charge is 2.33. The predicted molar refractivity (Wildman–Crippen MR) is 150 cm³/mol. The topological polar surface area (TPSA) is 105 Å². The minimum atomic E-state index is -4.15. The Kier molecular flexibility index (Phi) is 9.95. The Labute approximate surface area is 230 Å². The molecule has 3 rings (SSSR count). The van der Waals surface area contributed by atoms with Gasteiger partial charge in [-0.25, -0.2) is 8.42 Å². The van der Waals surface area contributed by atoms with Crippen LogP contribution in [0.25, 0.3) is 0 Å². The molecule has 0 spiro atoms. The summed E-state index contributed by atoms with van der Waals surface area (Å²) < 4.78 is 39.3. The molecule has 2 amide bonds. The Bertz CT molecular complexity index is 1370. The van der Waals surface area contributed by atoms with E-state index in [1.807, 2.05) is 13.0 Å². The zero-order chi connectivity index (χ0) is 28.6. The van der Waals surface area contributed by atoms with Crippen molar-refractivity contribution in [1.82, 2.24) is 10.2 Å². The molecule has 3 aromatic carbocycles. The monoisotopic (exact) mass is 553 g/mol. The minimum absolute atomic E-state index is 0.00867. The number of ether oxygens (including phenoxy) is 2. The van der Waals surface area contributed by atoms with Crippen molar-refractivity contribution in [2.75, 3.05) is 32.1 Å². The lowest BCUT2D eigenvalue weighted by molar-refractivity contribution is -0.140. The van der Waals surface area contributed by atoms with Crippen molar-refractivity contribution in [3.05, 3.63) is 83.9 Å². The first-order chi connectivity index (χ1) is 18.6. The third-order valence-corrected chi connectivity index (χ3v) is 8.16. The number of carbonyl (C=O) groups is 2. The lowest BCUT2D eigenvalue weighted by atomic mass is 10.1. The molecule has 0 saturated carbocycles. The van der Waals surface area contributed by atoms with Gasteiger partial charge < -0.3 is 19.7 Å². The molecule has 0 radical (unpaired) electrons. The van der Waals surface area contributed by atoms with E-state index in [9.17, 15) is 18.0 Å². The van der Waals surface area contributed by atoms with Crippen molar-refractivity contribution < 1.29 is 27.5 Å². The average Bonchev–Trinajstić information content (AvgIpc) is 2.96. The summed E-state index contributed by atoms with van der Waals surface area (Å²) in [6.07, 6.45) is 0.338. The fourth-order valence-electron chi connectivity index (χ4n) is 4.17. The first-order valence-electron chi connectivity index (χ1n) is 12.5. The van der Waals surface area contributed by atoms with Crippen LogP contribution in [0.3, 0.4) is 0 Å². The Hall–Kier alpha value is -4.05. The van der Waals surface area contributed by atoms with Crippen molar-refractivity contribution in [1.29, 1.82) is 0 Å². The fraction of sp³-hybridized carbons (Fsp3) is 0.310. The van der Waals surface area contributed by atoms with Gasteiger partial charge in [-0.1, -0.05) is 36.8 Å². The van der Waals surface area contributed by atoms with E-state index in [-0.39, 0.29) is 17.3 Å². The van der Waals surface area contributed by atoms with Gasteiger partial charge >= 0.3 is 0 Å². The Morgan fingerprint density at radius 3 is 2.13 bits per heavy atom. The molecule has 0 aliphatic heterocycles. The molecule has 0 aliphatic carbocycles. The highest BCUT2D eigenvalue weighted by atomic mass is 32.2. The molecule has 1 N–H and O–H groups in total. The maximum absolute atomic E-state index is 13.9. The lowest BCUT2D eigenvalue weighted by Crippen LogP contribution is -2.51. The van der Waals surface area contributed by atoms with Crippen LogP contribution in [-0.4, -0.2) is 59.0 Å². The van der Waals surface area contributed by atoms with Crippen LogP contribution < -0.4 is 19.1 Å². The number of carbonyl (C=O) groups excluding carboxylic acids is 2. The van der Waals surface area contributed by atoms with Crippen molar-refractivity contribution in [2.24, 2.45) is 0 Å². The molecule has 0 aliphatic rings. The number of amides is 2. The SMILES string of the molecule is CC[C@H](C(=O)NC)N(Cc1cccc(OC)c1)C(=O)CN(c1ccc(C)cc1)S(=O)(=O)c1ccc(OC)cc1. The van der Waals surface area contributed by atoms with Crippen LogP contribution in [0.5, 0.6) is 11.5 Å². The van der Waals surface area contributed by atoms with Crippen LogP contribution in [0.1, 0.15) is 24.5 Å². The van der Waals surface area contributed by atoms with E-state index >= 15 is 0 Å². The number of rotatable bonds is 12. The van der Waals surface area contributed by atoms with E-state index in [4.69, 9.17) is 9.47 Å². The predicted octanol–water partition coefficient (Wildman–Crippen LogP) is 3.76. The number of likely N-dealkylation sites (N-methyl/N-ethyl adjacent to an activating group) is 1. The first kappa shape index (κ1) is 29.5. The van der Waals surface area contributed by atoms with Gasteiger partial charge in [0, 0.05) is 13.6 Å². The number of nitrogens with one attached hydrogen (secondary N) is 1. The van der Waals surface area contributed by atoms with E-state index in [2.05, 4.69) is 5.32 Å². The number of hydrogen-bond acceptors (Lipinski definition) is 6. The molecule has 1 atom stereocenters. The maximum Gasteiger partial charge on any atom is 0.264 e. The third kappa shape index (κ3) is 7.08. The third-order valence-electron chi connectivity index (χ3n) is 6.37. The quantitative estimate of drug-likeness (QED) is 0.366. The van der Waals surface area contributed by atoms with Crippen LogP contribution in [0.2, 0.25) is 0 Å². The number of anilines is 1. The summed E-state index contributed by atoms with van der Waals surface area (Å²) in [6, 6.07) is 19.2. The lowest BCUT2D eigenvalue weighted by Gasteiger charge is -2.33. The van der Waals surface area contributed by atoms with Gasteiger partial charge in [-0.3, -0.25) is 13.9 Å². The molecule has 0 heterocycles. The van der Waals surface area contributed by atoms with Gasteiger partial charge in [0.05, 0.1) is 24.8 Å². The largest absolute Gasteiger partial charge is 0.497 e. The standard InChI is InChI=1S/C29H35N3O6S/c1-6-27(29(34)30-3)31(19-22-8-7-9-25(18-22)38-5)28(33)20-32(23-12-10-21(2)11-13-23)39(35,36)26-16-14-24(37-4)15-17-26/h7-18,27H,6,19-20H2,1-5H3,(H,30,34)/t27-/m1/s1. The molecule has 10 heteroatoms. The zero-order valence-electron chi connectivity index (χ0n) is 22.9. The number of sulfonamides is 1. The van der Waals surface area contributed by atoms with E-state index in [1.165, 1.54) is 31.2 Å². The van der Waals surface area contributed by atoms with E-state index < -0.39 is 28.5 Å². The summed E-state index contributed by atoms with van der Waals surface area (Å²) in [5, 5.41) is 2.62. The average molecular weight is 554 g/mol. The second-order valence-corrected chi connectivity index (χ2v) is 10.8. The highest BCUT2D eigenvalue weighted by Crippen LogP contribution is 2.26. The van der Waals surface area contributed by atoms with E-state index in [0.717, 1.165) is 15.4 Å². The molecule has 0 aromatic heterocycles. The van der Waals surface area contributed by atoms with Crippen molar-refractivity contribution >= 4 is 27.5 Å². The van der Waals surface area contributed by atoms with E-state index in [1.54, 1.807) is 68.6 Å². The van der Waals surface area contributed by atoms with Gasteiger partial charge in [0.2, 0.25) is 11.8 Å². The number of nitrogens with zero attached hydrogens (tertiary/aromatic N) is 2. The van der Waals surface area contributed by atoms with Gasteiger partial charge in [-0.15, -0.1) is 0 Å². The van der Waals surface area contributed by atoms with E-state index in [0.29, 0.717) is 23.6 Å². The molecule has 0 fully saturated rings. The number of aryl methyl sites for hydroxylation is 1. The summed E-state index contributed by atoms with van der Waals surface area (Å²) in [7, 11) is 0.394. The Balaban J connectivity index is 2.05. The normalized spacial score (nSPS) is 11.8. The van der Waals surface area contributed by atoms with Crippen LogP contribution >= 0.6 is 0 Å². The summed E-state index contributed by atoms with van der Waals surface area (Å²) in [6.45, 7) is 3.28. The molecule has 0 saturated heterocycles. The van der Waals surface area contributed by atoms with Crippen molar-refractivity contribution in [3.8, 4) is 11.5 Å². The van der Waals surface area contributed by atoms with Gasteiger partial charge in [0.15, 0.2) is 0 Å². The Morgan fingerprint density at radius 1 is 0.923 bits per heavy atom. The summed E-state index contributed by atoms with van der Waals surface area (Å²) in [5.41, 5.74) is 2.02. The second kappa shape index (κ2) is 13.1. The van der Waals surface area contributed by atoms with Gasteiger partial charge in [-0.05, 0) is 67.4 Å². The minimum Gasteiger partial charge on any atom is -0.497 e. The van der Waals surface area contributed by atoms with Gasteiger partial charge in [-0.2, -0.15) is 0 Å². The molecular formula is C29H35N3O6S. The highest BCUT2D eigenvalue weighted by molar-refractivity contribution is 7.92. The molecule has 3 aromatic rings. The fourth-order valence-corrected chi connectivity index (χ4v) is 5.58. The smallest absolute Gasteiger partial charge is 0.264 e. The van der Waals surface area contributed by atoms with Gasteiger partial charge in [0.25, 0.3) is 10.0 Å². The van der Waals surface area contributed by atoms with Crippen LogP contribution in [0.15, 0.2) is 77.7 Å². The second-order valence-electron chi connectivity index (χ2n) is 8.93. The summed E-state index contributed by atoms with van der Waals surface area (Å²) in [4.78, 5) is 28.2. The molecular weight excluding hydrogens is 518 g/mol. The first-order valence-corrected chi connectivity index (χ1v) is 14.0. The Morgan fingerprint density at radius 2 is 1.56 bits per heavy atom. The number of hydrogen-bond donors (Lipinski definition) is 1. The summed E-state index contributed by atoms with van der Waals surface area (Å²) >= 11 is 0. The van der Waals surface area contributed by atoms with Crippen LogP contribution in [0.4, 0.5) is 5.69 Å². The maximum atomic E-state index is 13.9. The van der Waals surface area contributed by atoms with Crippen LogP contribution in [-0.2, 0) is 26.2 Å². The van der Waals surface area contributed by atoms with Crippen LogP contribution in [0, 0.1) is 6.92 Å².